The highest BCUT2D eigenvalue weighted by Gasteiger charge is 2.20. The normalized spacial score (nSPS) is 11.8. The largest absolute Gasteiger partial charge is 0.497 e. The summed E-state index contributed by atoms with van der Waals surface area (Å²) in [7, 11) is 1.58. The third-order valence-electron chi connectivity index (χ3n) is 4.13. The first kappa shape index (κ1) is 20.7. The van der Waals surface area contributed by atoms with Gasteiger partial charge in [0.25, 0.3) is 5.22 Å². The Bertz CT molecular complexity index is 938. The summed E-state index contributed by atoms with van der Waals surface area (Å²) in [6, 6.07) is 14.1. The summed E-state index contributed by atoms with van der Waals surface area (Å²) in [4.78, 5) is 28.8. The Hall–Kier alpha value is -3.00. The lowest BCUT2D eigenvalue weighted by molar-refractivity contribution is -0.143. The minimum atomic E-state index is -0.503. The molecule has 7 nitrogen and oxygen atoms in total. The maximum absolute atomic E-state index is 12.5. The first-order valence-electron chi connectivity index (χ1n) is 9.16. The lowest BCUT2D eigenvalue weighted by atomic mass is 10.0. The number of para-hydroxylation sites is 2. The minimum absolute atomic E-state index is 0.0411. The number of thioether (sulfide) groups is 1. The molecule has 0 saturated heterocycles. The van der Waals surface area contributed by atoms with E-state index in [0.29, 0.717) is 16.6 Å². The van der Waals surface area contributed by atoms with Crippen LogP contribution in [0.1, 0.15) is 24.9 Å². The van der Waals surface area contributed by atoms with E-state index in [1.165, 1.54) is 11.8 Å². The van der Waals surface area contributed by atoms with Gasteiger partial charge in [0.05, 0.1) is 31.9 Å². The molecule has 1 N–H and O–H groups in total. The SMILES string of the molecule is CCOC(=O)C[C@@H](NC(=O)CSc1nc2ccccc2o1)c1ccc(OC)cc1. The zero-order chi connectivity index (χ0) is 20.6. The fraction of sp³-hybridized carbons (Fsp3) is 0.286. The van der Waals surface area contributed by atoms with E-state index in [1.807, 2.05) is 36.4 Å². The summed E-state index contributed by atoms with van der Waals surface area (Å²) in [5.41, 5.74) is 2.21. The standard InChI is InChI=1S/C21H22N2O5S/c1-3-27-20(25)12-17(14-8-10-15(26-2)11-9-14)22-19(24)13-29-21-23-16-6-4-5-7-18(16)28-21/h4-11,17H,3,12-13H2,1-2H3,(H,22,24)/t17-/m1/s1. The Morgan fingerprint density at radius 1 is 1.17 bits per heavy atom. The van der Waals surface area contributed by atoms with Crippen molar-refractivity contribution in [1.82, 2.24) is 10.3 Å². The van der Waals surface area contributed by atoms with Gasteiger partial charge in [0.15, 0.2) is 5.58 Å². The van der Waals surface area contributed by atoms with E-state index in [4.69, 9.17) is 13.9 Å². The number of benzene rings is 2. The fourth-order valence-corrected chi connectivity index (χ4v) is 3.40. The molecule has 1 aromatic heterocycles. The lowest BCUT2D eigenvalue weighted by Crippen LogP contribution is -2.31. The summed E-state index contributed by atoms with van der Waals surface area (Å²) in [6.07, 6.45) is 0.0411. The second kappa shape index (κ2) is 9.97. The van der Waals surface area contributed by atoms with Crippen molar-refractivity contribution in [2.24, 2.45) is 0 Å². The molecular weight excluding hydrogens is 392 g/mol. The molecule has 0 saturated carbocycles. The molecule has 0 aliphatic heterocycles. The Kier molecular flexibility index (Phi) is 7.13. The van der Waals surface area contributed by atoms with Crippen molar-refractivity contribution in [3.05, 3.63) is 54.1 Å². The molecule has 1 amide bonds. The molecule has 0 spiro atoms. The van der Waals surface area contributed by atoms with Gasteiger partial charge in [-0.05, 0) is 36.8 Å². The molecule has 0 fully saturated rings. The van der Waals surface area contributed by atoms with Gasteiger partial charge >= 0.3 is 5.97 Å². The fourth-order valence-electron chi connectivity index (χ4n) is 2.75. The van der Waals surface area contributed by atoms with Crippen molar-refractivity contribution >= 4 is 34.7 Å². The number of nitrogens with one attached hydrogen (secondary N) is 1. The number of hydrogen-bond acceptors (Lipinski definition) is 7. The van der Waals surface area contributed by atoms with Crippen molar-refractivity contribution in [3.63, 3.8) is 0 Å². The van der Waals surface area contributed by atoms with Gasteiger partial charge < -0.3 is 19.2 Å². The summed E-state index contributed by atoms with van der Waals surface area (Å²) < 4.78 is 15.8. The van der Waals surface area contributed by atoms with Crippen molar-refractivity contribution in [3.8, 4) is 5.75 Å². The Morgan fingerprint density at radius 3 is 2.62 bits per heavy atom. The number of oxazole rings is 1. The van der Waals surface area contributed by atoms with E-state index in [2.05, 4.69) is 10.3 Å². The van der Waals surface area contributed by atoms with Crippen molar-refractivity contribution in [2.75, 3.05) is 19.5 Å². The number of ether oxygens (including phenoxy) is 2. The van der Waals surface area contributed by atoms with Crippen molar-refractivity contribution in [1.29, 1.82) is 0 Å². The van der Waals surface area contributed by atoms with Crippen LogP contribution in [-0.4, -0.2) is 36.3 Å². The molecule has 3 aromatic rings. The van der Waals surface area contributed by atoms with Crippen LogP contribution >= 0.6 is 11.8 Å². The van der Waals surface area contributed by atoms with E-state index in [0.717, 1.165) is 11.1 Å². The third kappa shape index (κ3) is 5.74. The van der Waals surface area contributed by atoms with Crippen molar-refractivity contribution in [2.45, 2.75) is 24.6 Å². The molecule has 8 heteroatoms. The Labute approximate surface area is 172 Å². The zero-order valence-electron chi connectivity index (χ0n) is 16.2. The smallest absolute Gasteiger partial charge is 0.308 e. The molecule has 0 unspecified atom stereocenters. The Balaban J connectivity index is 1.64. The summed E-state index contributed by atoms with van der Waals surface area (Å²) in [6.45, 7) is 2.03. The topological polar surface area (TPSA) is 90.7 Å². The van der Waals surface area contributed by atoms with Crippen LogP contribution in [0.15, 0.2) is 58.2 Å². The molecule has 1 heterocycles. The van der Waals surface area contributed by atoms with Crippen LogP contribution in [0.5, 0.6) is 5.75 Å². The van der Waals surface area contributed by atoms with Gasteiger partial charge in [-0.1, -0.05) is 36.0 Å². The van der Waals surface area contributed by atoms with Gasteiger partial charge in [-0.15, -0.1) is 0 Å². The van der Waals surface area contributed by atoms with E-state index in [9.17, 15) is 9.59 Å². The molecule has 0 bridgehead atoms. The number of methoxy groups -OCH3 is 1. The first-order valence-corrected chi connectivity index (χ1v) is 10.1. The summed E-state index contributed by atoms with van der Waals surface area (Å²) in [5.74, 6) is 0.200. The monoisotopic (exact) mass is 414 g/mol. The number of carbonyl (C=O) groups excluding carboxylic acids is 2. The average Bonchev–Trinajstić information content (AvgIpc) is 3.15. The highest BCUT2D eigenvalue weighted by atomic mass is 32.2. The van der Waals surface area contributed by atoms with Gasteiger partial charge in [0, 0.05) is 0 Å². The molecule has 152 valence electrons. The number of carbonyl (C=O) groups is 2. The molecule has 3 rings (SSSR count). The van der Waals surface area contributed by atoms with E-state index in [-0.39, 0.29) is 30.7 Å². The zero-order valence-corrected chi connectivity index (χ0v) is 17.0. The van der Waals surface area contributed by atoms with Crippen LogP contribution in [0.3, 0.4) is 0 Å². The third-order valence-corrected chi connectivity index (χ3v) is 4.96. The quantitative estimate of drug-likeness (QED) is 0.421. The highest BCUT2D eigenvalue weighted by molar-refractivity contribution is 7.99. The predicted octanol–water partition coefficient (Wildman–Crippen LogP) is 3.74. The summed E-state index contributed by atoms with van der Waals surface area (Å²) in [5, 5.41) is 3.32. The number of hydrogen-bond donors (Lipinski definition) is 1. The van der Waals surface area contributed by atoms with Crippen LogP contribution < -0.4 is 10.1 Å². The van der Waals surface area contributed by atoms with Crippen LogP contribution in [-0.2, 0) is 14.3 Å². The van der Waals surface area contributed by atoms with E-state index in [1.54, 1.807) is 26.2 Å². The van der Waals surface area contributed by atoms with Gasteiger partial charge in [0.2, 0.25) is 5.91 Å². The number of amides is 1. The molecule has 1 atom stereocenters. The molecule has 0 aliphatic carbocycles. The predicted molar refractivity (Wildman–Crippen MR) is 110 cm³/mol. The minimum Gasteiger partial charge on any atom is -0.497 e. The maximum atomic E-state index is 12.5. The lowest BCUT2D eigenvalue weighted by Gasteiger charge is -2.18. The molecular formula is C21H22N2O5S. The second-order valence-corrected chi connectivity index (χ2v) is 7.07. The van der Waals surface area contributed by atoms with E-state index >= 15 is 0 Å². The number of nitrogens with zero attached hydrogens (tertiary/aromatic N) is 1. The second-order valence-electron chi connectivity index (χ2n) is 6.14. The van der Waals surface area contributed by atoms with Crippen LogP contribution in [0.25, 0.3) is 11.1 Å². The first-order chi connectivity index (χ1) is 14.1. The summed E-state index contributed by atoms with van der Waals surface area (Å²) >= 11 is 1.20. The van der Waals surface area contributed by atoms with Crippen LogP contribution in [0.2, 0.25) is 0 Å². The number of fused-ring (bicyclic) bond motifs is 1. The average molecular weight is 414 g/mol. The van der Waals surface area contributed by atoms with Crippen molar-refractivity contribution < 1.29 is 23.5 Å². The van der Waals surface area contributed by atoms with Crippen LogP contribution in [0.4, 0.5) is 0 Å². The van der Waals surface area contributed by atoms with Gasteiger partial charge in [-0.3, -0.25) is 9.59 Å². The molecule has 0 aliphatic rings. The number of rotatable bonds is 9. The van der Waals surface area contributed by atoms with E-state index < -0.39 is 6.04 Å². The van der Waals surface area contributed by atoms with Crippen LogP contribution in [0, 0.1) is 0 Å². The molecule has 2 aromatic carbocycles. The molecule has 0 radical (unpaired) electrons. The Morgan fingerprint density at radius 2 is 1.93 bits per heavy atom. The highest BCUT2D eigenvalue weighted by Crippen LogP contribution is 2.24. The van der Waals surface area contributed by atoms with Gasteiger partial charge in [-0.25, -0.2) is 4.98 Å². The molecule has 29 heavy (non-hydrogen) atoms. The van der Waals surface area contributed by atoms with Gasteiger partial charge in [0.1, 0.15) is 11.3 Å². The number of esters is 1. The van der Waals surface area contributed by atoms with Gasteiger partial charge in [-0.2, -0.15) is 0 Å². The maximum Gasteiger partial charge on any atom is 0.308 e. The number of aromatic nitrogens is 1.